The van der Waals surface area contributed by atoms with Gasteiger partial charge in [-0.1, -0.05) is 20.8 Å². The summed E-state index contributed by atoms with van der Waals surface area (Å²) in [6, 6.07) is 1.88. The molecule has 0 saturated heterocycles. The monoisotopic (exact) mass is 232 g/mol. The Hall–Kier alpha value is -2.09. The van der Waals surface area contributed by atoms with Crippen LogP contribution in [0.1, 0.15) is 32.0 Å². The average Bonchev–Trinajstić information content (AvgIpc) is 2.72. The van der Waals surface area contributed by atoms with Crippen molar-refractivity contribution >= 4 is 12.0 Å². The SMILES string of the molecule is CNC(=O)C(C#N)=Cc1cn[nH]c1C(C)(C)C. The summed E-state index contributed by atoms with van der Waals surface area (Å²) in [5.41, 5.74) is 1.61. The summed E-state index contributed by atoms with van der Waals surface area (Å²) in [6.45, 7) is 6.09. The van der Waals surface area contributed by atoms with E-state index in [9.17, 15) is 4.79 Å². The summed E-state index contributed by atoms with van der Waals surface area (Å²) < 4.78 is 0. The lowest BCUT2D eigenvalue weighted by molar-refractivity contribution is -0.116. The lowest BCUT2D eigenvalue weighted by Gasteiger charge is -2.17. The Morgan fingerprint density at radius 2 is 2.24 bits per heavy atom. The largest absolute Gasteiger partial charge is 0.354 e. The lowest BCUT2D eigenvalue weighted by atomic mass is 9.89. The Morgan fingerprint density at radius 1 is 1.59 bits per heavy atom. The van der Waals surface area contributed by atoms with Gasteiger partial charge in [0.2, 0.25) is 0 Å². The van der Waals surface area contributed by atoms with Crippen molar-refractivity contribution in [2.75, 3.05) is 7.05 Å². The van der Waals surface area contributed by atoms with Crippen LogP contribution in [0, 0.1) is 11.3 Å². The fraction of sp³-hybridized carbons (Fsp3) is 0.417. The molecule has 0 aliphatic heterocycles. The first-order valence-corrected chi connectivity index (χ1v) is 5.28. The normalized spacial score (nSPS) is 12.1. The molecule has 0 saturated carbocycles. The minimum absolute atomic E-state index is 0.0689. The zero-order valence-electron chi connectivity index (χ0n) is 10.5. The summed E-state index contributed by atoms with van der Waals surface area (Å²) in [6.07, 6.45) is 3.16. The molecule has 1 heterocycles. The number of nitrogens with one attached hydrogen (secondary N) is 2. The van der Waals surface area contributed by atoms with E-state index in [0.717, 1.165) is 11.3 Å². The molecule has 1 amide bonds. The predicted molar refractivity (Wildman–Crippen MR) is 64.9 cm³/mol. The Bertz CT molecular complexity index is 485. The third-order valence-electron chi connectivity index (χ3n) is 2.31. The van der Waals surface area contributed by atoms with Gasteiger partial charge in [0.1, 0.15) is 11.6 Å². The zero-order chi connectivity index (χ0) is 13.1. The van der Waals surface area contributed by atoms with Crippen LogP contribution in [-0.2, 0) is 10.2 Å². The standard InChI is InChI=1S/C12H16N4O/c1-12(2,3)10-9(7-15-16-10)5-8(6-13)11(17)14-4/h5,7H,1-4H3,(H,14,17)(H,15,16). The molecule has 0 aliphatic rings. The maximum absolute atomic E-state index is 11.4. The molecule has 0 radical (unpaired) electrons. The smallest absolute Gasteiger partial charge is 0.261 e. The number of rotatable bonds is 2. The molecule has 0 atom stereocenters. The number of nitrogens with zero attached hydrogens (tertiary/aromatic N) is 2. The number of nitriles is 1. The predicted octanol–water partition coefficient (Wildman–Crippen LogP) is 1.36. The first-order chi connectivity index (χ1) is 7.90. The van der Waals surface area contributed by atoms with Crippen molar-refractivity contribution in [3.63, 3.8) is 0 Å². The molecule has 0 unspecified atom stereocenters. The molecule has 1 aromatic heterocycles. The molecule has 0 bridgehead atoms. The minimum atomic E-state index is -0.395. The number of hydrogen-bond acceptors (Lipinski definition) is 3. The van der Waals surface area contributed by atoms with Crippen LogP contribution in [0.4, 0.5) is 0 Å². The zero-order valence-corrected chi connectivity index (χ0v) is 10.5. The topological polar surface area (TPSA) is 81.6 Å². The van der Waals surface area contributed by atoms with Gasteiger partial charge in [-0.15, -0.1) is 0 Å². The average molecular weight is 232 g/mol. The molecular formula is C12H16N4O. The number of likely N-dealkylation sites (N-methyl/N-ethyl adjacent to an activating group) is 1. The van der Waals surface area contributed by atoms with E-state index in [1.165, 1.54) is 7.05 Å². The molecule has 0 aromatic carbocycles. The van der Waals surface area contributed by atoms with Gasteiger partial charge in [-0.25, -0.2) is 0 Å². The highest BCUT2D eigenvalue weighted by Crippen LogP contribution is 2.24. The van der Waals surface area contributed by atoms with Gasteiger partial charge in [0.25, 0.3) is 5.91 Å². The number of hydrogen-bond donors (Lipinski definition) is 2. The van der Waals surface area contributed by atoms with E-state index in [0.29, 0.717) is 0 Å². The second-order valence-electron chi connectivity index (χ2n) is 4.70. The van der Waals surface area contributed by atoms with Crippen molar-refractivity contribution in [2.45, 2.75) is 26.2 Å². The number of aromatic nitrogens is 2. The molecule has 90 valence electrons. The Balaban J connectivity index is 3.19. The van der Waals surface area contributed by atoms with Gasteiger partial charge >= 0.3 is 0 Å². The number of carbonyl (C=O) groups excluding carboxylic acids is 1. The number of aromatic amines is 1. The highest BCUT2D eigenvalue weighted by Gasteiger charge is 2.20. The van der Waals surface area contributed by atoms with E-state index in [-0.39, 0.29) is 11.0 Å². The third-order valence-corrected chi connectivity index (χ3v) is 2.31. The molecule has 0 spiro atoms. The quantitative estimate of drug-likeness (QED) is 0.596. The maximum Gasteiger partial charge on any atom is 0.261 e. The van der Waals surface area contributed by atoms with E-state index in [2.05, 4.69) is 15.5 Å². The molecule has 0 fully saturated rings. The second kappa shape index (κ2) is 4.83. The fourth-order valence-electron chi connectivity index (χ4n) is 1.44. The van der Waals surface area contributed by atoms with Crippen LogP contribution in [0.5, 0.6) is 0 Å². The highest BCUT2D eigenvalue weighted by molar-refractivity contribution is 6.01. The van der Waals surface area contributed by atoms with Crippen molar-refractivity contribution in [1.29, 1.82) is 5.26 Å². The third kappa shape index (κ3) is 2.94. The van der Waals surface area contributed by atoms with Crippen LogP contribution in [0.3, 0.4) is 0 Å². The summed E-state index contributed by atoms with van der Waals surface area (Å²) >= 11 is 0. The number of amides is 1. The van der Waals surface area contributed by atoms with Crippen LogP contribution < -0.4 is 5.32 Å². The van der Waals surface area contributed by atoms with Gasteiger partial charge in [0.15, 0.2) is 0 Å². The van der Waals surface area contributed by atoms with Gasteiger partial charge in [-0.3, -0.25) is 9.89 Å². The molecule has 2 N–H and O–H groups in total. The Kier molecular flexibility index (Phi) is 3.69. The number of H-pyrrole nitrogens is 1. The van der Waals surface area contributed by atoms with Crippen LogP contribution in [0.25, 0.3) is 6.08 Å². The lowest BCUT2D eigenvalue weighted by Crippen LogP contribution is -2.19. The Morgan fingerprint density at radius 3 is 2.71 bits per heavy atom. The van der Waals surface area contributed by atoms with Crippen molar-refractivity contribution in [3.05, 3.63) is 23.0 Å². The second-order valence-corrected chi connectivity index (χ2v) is 4.70. The molecule has 5 nitrogen and oxygen atoms in total. The van der Waals surface area contributed by atoms with Gasteiger partial charge in [-0.2, -0.15) is 10.4 Å². The molecular weight excluding hydrogens is 216 g/mol. The molecule has 17 heavy (non-hydrogen) atoms. The van der Waals surface area contributed by atoms with E-state index >= 15 is 0 Å². The molecule has 1 aromatic rings. The van der Waals surface area contributed by atoms with Crippen LogP contribution in [-0.4, -0.2) is 23.2 Å². The van der Waals surface area contributed by atoms with Gasteiger partial charge in [-0.05, 0) is 6.08 Å². The summed E-state index contributed by atoms with van der Waals surface area (Å²) in [4.78, 5) is 11.4. The van der Waals surface area contributed by atoms with E-state index < -0.39 is 5.91 Å². The van der Waals surface area contributed by atoms with E-state index in [1.54, 1.807) is 12.3 Å². The van der Waals surface area contributed by atoms with Gasteiger partial charge < -0.3 is 5.32 Å². The van der Waals surface area contributed by atoms with Crippen LogP contribution >= 0.6 is 0 Å². The van der Waals surface area contributed by atoms with Crippen molar-refractivity contribution in [2.24, 2.45) is 0 Å². The first-order valence-electron chi connectivity index (χ1n) is 5.28. The summed E-state index contributed by atoms with van der Waals surface area (Å²) in [5, 5.41) is 18.2. The Labute approximate surface area is 101 Å². The maximum atomic E-state index is 11.4. The molecule has 1 rings (SSSR count). The highest BCUT2D eigenvalue weighted by atomic mass is 16.1. The molecule has 0 aliphatic carbocycles. The van der Waals surface area contributed by atoms with E-state index in [1.807, 2.05) is 26.8 Å². The first kappa shape index (κ1) is 13.0. The van der Waals surface area contributed by atoms with E-state index in [4.69, 9.17) is 5.26 Å². The van der Waals surface area contributed by atoms with Crippen molar-refractivity contribution in [1.82, 2.24) is 15.5 Å². The van der Waals surface area contributed by atoms with Gasteiger partial charge in [0, 0.05) is 23.7 Å². The van der Waals surface area contributed by atoms with Gasteiger partial charge in [0.05, 0.1) is 6.20 Å². The van der Waals surface area contributed by atoms with Crippen molar-refractivity contribution < 1.29 is 4.79 Å². The molecule has 5 heteroatoms. The summed E-state index contributed by atoms with van der Waals surface area (Å²) in [7, 11) is 1.49. The van der Waals surface area contributed by atoms with Crippen LogP contribution in [0.2, 0.25) is 0 Å². The number of carbonyl (C=O) groups is 1. The minimum Gasteiger partial charge on any atom is -0.354 e. The fourth-order valence-corrected chi connectivity index (χ4v) is 1.44. The summed E-state index contributed by atoms with van der Waals surface area (Å²) in [5.74, 6) is -0.395. The van der Waals surface area contributed by atoms with Crippen LogP contribution in [0.15, 0.2) is 11.8 Å². The van der Waals surface area contributed by atoms with Crippen molar-refractivity contribution in [3.8, 4) is 6.07 Å².